The van der Waals surface area contributed by atoms with Gasteiger partial charge in [0, 0.05) is 29.9 Å². The van der Waals surface area contributed by atoms with E-state index in [1.165, 1.54) is 0 Å². The van der Waals surface area contributed by atoms with Crippen molar-refractivity contribution in [2.24, 2.45) is 0 Å². The molecular weight excluding hydrogens is 342 g/mol. The summed E-state index contributed by atoms with van der Waals surface area (Å²) in [5.74, 6) is -0.503. The molecule has 1 aliphatic rings. The molecule has 27 heavy (non-hydrogen) atoms. The third-order valence-corrected chi connectivity index (χ3v) is 4.80. The fourth-order valence-electron chi connectivity index (χ4n) is 3.06. The number of rotatable bonds is 5. The van der Waals surface area contributed by atoms with Crippen LogP contribution >= 0.6 is 0 Å². The third kappa shape index (κ3) is 4.34. The highest BCUT2D eigenvalue weighted by Gasteiger charge is 2.21. The lowest BCUT2D eigenvalue weighted by Crippen LogP contribution is -2.33. The van der Waals surface area contributed by atoms with Gasteiger partial charge >= 0.3 is 0 Å². The van der Waals surface area contributed by atoms with Crippen LogP contribution in [0.15, 0.2) is 42.5 Å². The Balaban J connectivity index is 1.55. The van der Waals surface area contributed by atoms with Crippen LogP contribution in [0.1, 0.15) is 34.3 Å². The molecule has 3 amide bonds. The minimum Gasteiger partial charge on any atom is -0.343 e. The van der Waals surface area contributed by atoms with Crippen LogP contribution in [0.4, 0.5) is 11.4 Å². The monoisotopic (exact) mass is 365 g/mol. The average molecular weight is 365 g/mol. The Bertz CT molecular complexity index is 875. The number of amides is 3. The molecule has 2 aromatic carbocycles. The molecule has 0 saturated carbocycles. The van der Waals surface area contributed by atoms with Gasteiger partial charge in [-0.1, -0.05) is 12.1 Å². The van der Waals surface area contributed by atoms with Crippen LogP contribution in [0.3, 0.4) is 0 Å². The Morgan fingerprint density at radius 2 is 1.81 bits per heavy atom. The first-order valence-electron chi connectivity index (χ1n) is 9.00. The number of carbonyl (C=O) groups is 3. The van der Waals surface area contributed by atoms with Crippen LogP contribution in [0.2, 0.25) is 0 Å². The van der Waals surface area contributed by atoms with Gasteiger partial charge < -0.3 is 15.5 Å². The summed E-state index contributed by atoms with van der Waals surface area (Å²) >= 11 is 0. The maximum Gasteiger partial charge on any atom is 0.251 e. The van der Waals surface area contributed by atoms with Crippen molar-refractivity contribution in [2.75, 3.05) is 23.3 Å². The largest absolute Gasteiger partial charge is 0.343 e. The van der Waals surface area contributed by atoms with Crippen molar-refractivity contribution in [1.82, 2.24) is 5.32 Å². The molecule has 2 aromatic rings. The maximum atomic E-state index is 12.2. The highest BCUT2D eigenvalue weighted by atomic mass is 16.2. The Labute approximate surface area is 158 Å². The van der Waals surface area contributed by atoms with Crippen molar-refractivity contribution in [3.05, 3.63) is 59.2 Å². The molecule has 1 saturated heterocycles. The van der Waals surface area contributed by atoms with Crippen molar-refractivity contribution < 1.29 is 14.4 Å². The summed E-state index contributed by atoms with van der Waals surface area (Å²) < 4.78 is 0. The molecule has 3 rings (SSSR count). The molecule has 1 heterocycles. The predicted molar refractivity (Wildman–Crippen MR) is 105 cm³/mol. The number of hydrogen-bond acceptors (Lipinski definition) is 3. The summed E-state index contributed by atoms with van der Waals surface area (Å²) in [5.41, 5.74) is 4.08. The molecule has 0 radical (unpaired) electrons. The van der Waals surface area contributed by atoms with Crippen LogP contribution in [0.25, 0.3) is 0 Å². The van der Waals surface area contributed by atoms with Crippen LogP contribution < -0.4 is 15.5 Å². The van der Waals surface area contributed by atoms with Gasteiger partial charge in [-0.05, 0) is 61.7 Å². The van der Waals surface area contributed by atoms with Gasteiger partial charge in [-0.15, -0.1) is 0 Å². The van der Waals surface area contributed by atoms with Gasteiger partial charge in [0.15, 0.2) is 0 Å². The predicted octanol–water partition coefficient (Wildman–Crippen LogP) is 2.80. The van der Waals surface area contributed by atoms with Gasteiger partial charge in [-0.2, -0.15) is 0 Å². The van der Waals surface area contributed by atoms with E-state index in [4.69, 9.17) is 0 Å². The fraction of sp³-hybridized carbons (Fsp3) is 0.286. The lowest BCUT2D eigenvalue weighted by atomic mass is 10.1. The lowest BCUT2D eigenvalue weighted by Gasteiger charge is -2.16. The summed E-state index contributed by atoms with van der Waals surface area (Å²) in [6, 6.07) is 12.5. The van der Waals surface area contributed by atoms with Crippen LogP contribution in [-0.2, 0) is 9.59 Å². The summed E-state index contributed by atoms with van der Waals surface area (Å²) in [7, 11) is 0. The summed E-state index contributed by atoms with van der Waals surface area (Å²) in [6.45, 7) is 4.52. The van der Waals surface area contributed by atoms with E-state index < -0.39 is 0 Å². The molecule has 6 nitrogen and oxygen atoms in total. The first kappa shape index (κ1) is 18.6. The fourth-order valence-corrected chi connectivity index (χ4v) is 3.06. The Morgan fingerprint density at radius 1 is 1.07 bits per heavy atom. The van der Waals surface area contributed by atoms with Crippen molar-refractivity contribution in [1.29, 1.82) is 0 Å². The van der Waals surface area contributed by atoms with E-state index in [0.29, 0.717) is 18.5 Å². The molecule has 0 spiro atoms. The summed E-state index contributed by atoms with van der Waals surface area (Å²) in [4.78, 5) is 37.8. The topological polar surface area (TPSA) is 78.5 Å². The molecule has 2 N–H and O–H groups in total. The molecule has 0 unspecified atom stereocenters. The number of benzene rings is 2. The van der Waals surface area contributed by atoms with Crippen molar-refractivity contribution >= 4 is 29.1 Å². The van der Waals surface area contributed by atoms with Gasteiger partial charge in [-0.3, -0.25) is 14.4 Å². The summed E-state index contributed by atoms with van der Waals surface area (Å²) in [6.07, 6.45) is 1.42. The maximum absolute atomic E-state index is 12.2. The average Bonchev–Trinajstić information content (AvgIpc) is 3.09. The zero-order valence-electron chi connectivity index (χ0n) is 15.5. The lowest BCUT2D eigenvalue weighted by molar-refractivity contribution is -0.117. The summed E-state index contributed by atoms with van der Waals surface area (Å²) in [5, 5.41) is 5.43. The number of anilines is 2. The molecule has 1 fully saturated rings. The highest BCUT2D eigenvalue weighted by molar-refractivity contribution is 6.00. The van der Waals surface area contributed by atoms with Gasteiger partial charge in [0.25, 0.3) is 5.91 Å². The standard InChI is InChI=1S/C21H23N3O3/c1-14-5-3-6-18(15(14)2)23-19(25)13-22-21(27)16-8-10-17(11-9-16)24-12-4-7-20(24)26/h3,5-6,8-11H,4,7,12-13H2,1-2H3,(H,22,27)(H,23,25). The second kappa shape index (κ2) is 8.03. The van der Waals surface area contributed by atoms with Gasteiger partial charge in [0.05, 0.1) is 6.54 Å². The van der Waals surface area contributed by atoms with E-state index >= 15 is 0 Å². The Hall–Kier alpha value is -3.15. The number of hydrogen-bond donors (Lipinski definition) is 2. The number of aryl methyl sites for hydroxylation is 1. The molecule has 0 bridgehead atoms. The number of carbonyl (C=O) groups excluding carboxylic acids is 3. The zero-order valence-corrected chi connectivity index (χ0v) is 15.5. The minimum absolute atomic E-state index is 0.107. The molecule has 140 valence electrons. The van der Waals surface area contributed by atoms with E-state index in [1.807, 2.05) is 32.0 Å². The second-order valence-corrected chi connectivity index (χ2v) is 6.67. The minimum atomic E-state index is -0.328. The molecule has 0 aromatic heterocycles. The van der Waals surface area contributed by atoms with Crippen LogP contribution in [0.5, 0.6) is 0 Å². The Morgan fingerprint density at radius 3 is 2.48 bits per heavy atom. The first-order valence-corrected chi connectivity index (χ1v) is 9.00. The SMILES string of the molecule is Cc1cccc(NC(=O)CNC(=O)c2ccc(N3CCCC3=O)cc2)c1C. The zero-order chi connectivity index (χ0) is 19.4. The van der Waals surface area contributed by atoms with E-state index in [1.54, 1.807) is 29.2 Å². The number of nitrogens with zero attached hydrogens (tertiary/aromatic N) is 1. The smallest absolute Gasteiger partial charge is 0.251 e. The van der Waals surface area contributed by atoms with E-state index in [2.05, 4.69) is 10.6 Å². The first-order chi connectivity index (χ1) is 13.0. The van der Waals surface area contributed by atoms with Crippen LogP contribution in [-0.4, -0.2) is 30.8 Å². The van der Waals surface area contributed by atoms with E-state index in [-0.39, 0.29) is 24.3 Å². The molecular formula is C21H23N3O3. The molecule has 0 atom stereocenters. The quantitative estimate of drug-likeness (QED) is 0.855. The van der Waals surface area contributed by atoms with Crippen molar-refractivity contribution in [2.45, 2.75) is 26.7 Å². The second-order valence-electron chi connectivity index (χ2n) is 6.67. The van der Waals surface area contributed by atoms with E-state index in [9.17, 15) is 14.4 Å². The number of nitrogens with one attached hydrogen (secondary N) is 2. The third-order valence-electron chi connectivity index (χ3n) is 4.80. The van der Waals surface area contributed by atoms with Gasteiger partial charge in [-0.25, -0.2) is 0 Å². The molecule has 6 heteroatoms. The highest BCUT2D eigenvalue weighted by Crippen LogP contribution is 2.21. The normalized spacial score (nSPS) is 13.6. The van der Waals surface area contributed by atoms with E-state index in [0.717, 1.165) is 28.9 Å². The Kier molecular flexibility index (Phi) is 5.54. The van der Waals surface area contributed by atoms with Gasteiger partial charge in [0.1, 0.15) is 0 Å². The van der Waals surface area contributed by atoms with Crippen LogP contribution in [0, 0.1) is 13.8 Å². The van der Waals surface area contributed by atoms with Crippen molar-refractivity contribution in [3.63, 3.8) is 0 Å². The van der Waals surface area contributed by atoms with Crippen molar-refractivity contribution in [3.8, 4) is 0 Å². The molecule has 1 aliphatic heterocycles. The van der Waals surface area contributed by atoms with Gasteiger partial charge in [0.2, 0.25) is 11.8 Å². The molecule has 0 aliphatic carbocycles.